The van der Waals surface area contributed by atoms with Crippen LogP contribution in [0.5, 0.6) is 0 Å². The fourth-order valence-electron chi connectivity index (χ4n) is 1.33. The Morgan fingerprint density at radius 1 is 1.43 bits per heavy atom. The fraction of sp³-hybridized carbons (Fsp3) is 0.667. The first-order valence-corrected chi connectivity index (χ1v) is 5.43. The van der Waals surface area contributed by atoms with Crippen molar-refractivity contribution < 1.29 is 0 Å². The Kier molecular flexibility index (Phi) is 2.26. The number of amidine groups is 1. The molecule has 0 saturated carbocycles. The summed E-state index contributed by atoms with van der Waals surface area (Å²) in [5.74, 6) is 0.955. The Bertz CT molecular complexity index is 367. The normalized spacial score (nSPS) is 20.1. The van der Waals surface area contributed by atoms with Crippen LogP contribution in [0.1, 0.15) is 24.4 Å². The van der Waals surface area contributed by atoms with E-state index in [1.54, 1.807) is 0 Å². The molecule has 1 aliphatic heterocycles. The van der Waals surface area contributed by atoms with Crippen molar-refractivity contribution >= 4 is 17.4 Å². The van der Waals surface area contributed by atoms with Crippen LogP contribution in [0, 0.1) is 12.3 Å². The summed E-state index contributed by atoms with van der Waals surface area (Å²) in [6.07, 6.45) is 0. The molecule has 0 aromatic carbocycles. The summed E-state index contributed by atoms with van der Waals surface area (Å²) < 4.78 is 3.90. The van der Waals surface area contributed by atoms with Crippen LogP contribution in [0.25, 0.3) is 0 Å². The van der Waals surface area contributed by atoms with Gasteiger partial charge >= 0.3 is 0 Å². The number of nitrogens with one attached hydrogen (secondary N) is 1. The summed E-state index contributed by atoms with van der Waals surface area (Å²) in [7, 11) is 0. The molecule has 0 radical (unpaired) electrons. The highest BCUT2D eigenvalue weighted by Crippen LogP contribution is 2.20. The van der Waals surface area contributed by atoms with E-state index < -0.39 is 0 Å². The first-order valence-electron chi connectivity index (χ1n) is 4.66. The highest BCUT2D eigenvalue weighted by atomic mass is 32.1. The van der Waals surface area contributed by atoms with Crippen LogP contribution >= 0.6 is 11.5 Å². The first kappa shape index (κ1) is 9.58. The Balaban J connectivity index is 2.23. The molecule has 14 heavy (non-hydrogen) atoms. The molecule has 1 aliphatic rings. The van der Waals surface area contributed by atoms with Crippen molar-refractivity contribution in [2.45, 2.75) is 20.8 Å². The summed E-state index contributed by atoms with van der Waals surface area (Å²) in [5.41, 5.74) is 1.22. The molecular formula is C9H14N4S. The molecule has 1 N–H and O–H groups in total. The molecule has 1 aromatic rings. The lowest BCUT2D eigenvalue weighted by Gasteiger charge is -2.28. The number of nitrogens with zero attached hydrogens (tertiary/aromatic N) is 3. The van der Waals surface area contributed by atoms with Gasteiger partial charge in [-0.1, -0.05) is 18.3 Å². The third-order valence-corrected chi connectivity index (χ3v) is 3.10. The Labute approximate surface area is 87.6 Å². The summed E-state index contributed by atoms with van der Waals surface area (Å²) >= 11 is 1.40. The van der Waals surface area contributed by atoms with Gasteiger partial charge in [-0.15, -0.1) is 5.10 Å². The highest BCUT2D eigenvalue weighted by Gasteiger charge is 2.24. The number of rotatable bonds is 1. The van der Waals surface area contributed by atoms with Gasteiger partial charge < -0.3 is 5.32 Å². The van der Waals surface area contributed by atoms with E-state index in [1.165, 1.54) is 11.5 Å². The lowest BCUT2D eigenvalue weighted by molar-refractivity contribution is 0.362. The fourth-order valence-corrected chi connectivity index (χ4v) is 1.97. The molecule has 76 valence electrons. The second kappa shape index (κ2) is 3.31. The second-order valence-electron chi connectivity index (χ2n) is 4.37. The maximum absolute atomic E-state index is 4.52. The van der Waals surface area contributed by atoms with Crippen molar-refractivity contribution in [3.8, 4) is 0 Å². The number of aryl methyl sites for hydroxylation is 1. The molecule has 2 heterocycles. The Morgan fingerprint density at radius 2 is 2.21 bits per heavy atom. The minimum Gasteiger partial charge on any atom is -0.368 e. The van der Waals surface area contributed by atoms with Crippen molar-refractivity contribution in [2.24, 2.45) is 10.4 Å². The maximum atomic E-state index is 4.52. The third-order valence-electron chi connectivity index (χ3n) is 2.27. The SMILES string of the molecule is Cc1nnsc1C1=NCC(C)(C)CN1. The molecule has 4 nitrogen and oxygen atoms in total. The van der Waals surface area contributed by atoms with Crippen molar-refractivity contribution in [3.05, 3.63) is 10.6 Å². The van der Waals surface area contributed by atoms with E-state index >= 15 is 0 Å². The quantitative estimate of drug-likeness (QED) is 0.758. The van der Waals surface area contributed by atoms with Crippen LogP contribution in [0.4, 0.5) is 0 Å². The lowest BCUT2D eigenvalue weighted by Crippen LogP contribution is -2.41. The number of hydrogen-bond donors (Lipinski definition) is 1. The van der Waals surface area contributed by atoms with E-state index in [2.05, 4.69) is 33.7 Å². The minimum absolute atomic E-state index is 0.259. The van der Waals surface area contributed by atoms with Crippen LogP contribution < -0.4 is 5.32 Å². The third kappa shape index (κ3) is 1.77. The van der Waals surface area contributed by atoms with Crippen LogP contribution in [0.3, 0.4) is 0 Å². The molecule has 0 atom stereocenters. The van der Waals surface area contributed by atoms with Gasteiger partial charge in [0.2, 0.25) is 0 Å². The predicted molar refractivity (Wildman–Crippen MR) is 57.8 cm³/mol. The monoisotopic (exact) mass is 210 g/mol. The predicted octanol–water partition coefficient (Wildman–Crippen LogP) is 1.22. The maximum Gasteiger partial charge on any atom is 0.142 e. The molecule has 0 bridgehead atoms. The smallest absolute Gasteiger partial charge is 0.142 e. The van der Waals surface area contributed by atoms with E-state index in [9.17, 15) is 0 Å². The van der Waals surface area contributed by atoms with Gasteiger partial charge in [0, 0.05) is 18.5 Å². The number of aromatic nitrogens is 2. The molecule has 1 aromatic heterocycles. The zero-order chi connectivity index (χ0) is 10.2. The summed E-state index contributed by atoms with van der Waals surface area (Å²) in [6.45, 7) is 8.20. The molecule has 0 unspecified atom stereocenters. The largest absolute Gasteiger partial charge is 0.368 e. The van der Waals surface area contributed by atoms with Gasteiger partial charge in [0.25, 0.3) is 0 Å². The number of hydrogen-bond acceptors (Lipinski definition) is 5. The van der Waals surface area contributed by atoms with E-state index in [1.807, 2.05) is 6.92 Å². The van der Waals surface area contributed by atoms with Gasteiger partial charge in [-0.05, 0) is 18.5 Å². The zero-order valence-corrected chi connectivity index (χ0v) is 9.48. The summed E-state index contributed by atoms with van der Waals surface area (Å²) in [6, 6.07) is 0. The van der Waals surface area contributed by atoms with Gasteiger partial charge in [0.05, 0.1) is 5.69 Å². The van der Waals surface area contributed by atoms with E-state index in [-0.39, 0.29) is 5.41 Å². The Morgan fingerprint density at radius 3 is 2.71 bits per heavy atom. The second-order valence-corrected chi connectivity index (χ2v) is 5.12. The molecule has 0 aliphatic carbocycles. The van der Waals surface area contributed by atoms with E-state index in [0.717, 1.165) is 29.5 Å². The van der Waals surface area contributed by atoms with Crippen LogP contribution in [0.15, 0.2) is 4.99 Å². The lowest BCUT2D eigenvalue weighted by atomic mass is 9.92. The van der Waals surface area contributed by atoms with Crippen LogP contribution in [0.2, 0.25) is 0 Å². The summed E-state index contributed by atoms with van der Waals surface area (Å²) in [5, 5.41) is 7.31. The Hall–Kier alpha value is -0.970. The van der Waals surface area contributed by atoms with Crippen molar-refractivity contribution in [2.75, 3.05) is 13.1 Å². The summed E-state index contributed by atoms with van der Waals surface area (Å²) in [4.78, 5) is 5.59. The van der Waals surface area contributed by atoms with E-state index in [4.69, 9.17) is 0 Å². The standard InChI is InChI=1S/C9H14N4S/c1-6-7(14-13-12-6)8-10-4-9(2,3)5-11-8/h4-5H2,1-3H3,(H,10,11). The molecule has 0 fully saturated rings. The molecular weight excluding hydrogens is 196 g/mol. The molecule has 0 amide bonds. The van der Waals surface area contributed by atoms with Crippen LogP contribution in [-0.4, -0.2) is 28.5 Å². The van der Waals surface area contributed by atoms with Crippen molar-refractivity contribution in [1.82, 2.24) is 14.9 Å². The van der Waals surface area contributed by atoms with Gasteiger partial charge in [0.1, 0.15) is 10.7 Å². The average molecular weight is 210 g/mol. The highest BCUT2D eigenvalue weighted by molar-refractivity contribution is 7.08. The molecule has 0 spiro atoms. The number of aliphatic imine (C=N–C) groups is 1. The van der Waals surface area contributed by atoms with Gasteiger partial charge in [-0.2, -0.15) is 0 Å². The first-order chi connectivity index (χ1) is 6.58. The molecule has 0 saturated heterocycles. The molecule has 2 rings (SSSR count). The van der Waals surface area contributed by atoms with Gasteiger partial charge in [-0.25, -0.2) is 0 Å². The van der Waals surface area contributed by atoms with Crippen LogP contribution in [-0.2, 0) is 0 Å². The van der Waals surface area contributed by atoms with Gasteiger partial charge in [-0.3, -0.25) is 4.99 Å². The zero-order valence-electron chi connectivity index (χ0n) is 8.66. The van der Waals surface area contributed by atoms with E-state index in [0.29, 0.717) is 0 Å². The molecule has 5 heteroatoms. The van der Waals surface area contributed by atoms with Crippen molar-refractivity contribution in [1.29, 1.82) is 0 Å². The minimum atomic E-state index is 0.259. The van der Waals surface area contributed by atoms with Gasteiger partial charge in [0.15, 0.2) is 0 Å². The average Bonchev–Trinajstić information content (AvgIpc) is 2.52. The van der Waals surface area contributed by atoms with Crippen molar-refractivity contribution in [3.63, 3.8) is 0 Å². The topological polar surface area (TPSA) is 50.2 Å².